The fraction of sp³-hybridized carbons (Fsp3) is 0.107. The van der Waals surface area contributed by atoms with Gasteiger partial charge in [-0.1, -0.05) is 36.4 Å². The second kappa shape index (κ2) is 9.71. The number of hydrogen-bond acceptors (Lipinski definition) is 4. The predicted molar refractivity (Wildman–Crippen MR) is 134 cm³/mol. The van der Waals surface area contributed by atoms with Crippen LogP contribution >= 0.6 is 0 Å². The van der Waals surface area contributed by atoms with E-state index in [9.17, 15) is 23.1 Å². The van der Waals surface area contributed by atoms with E-state index in [4.69, 9.17) is 0 Å². The standard InChI is InChI=1S/C28H20F4N4O2/c1-16(37)24-15-34-26-25(18(10-12-36(24)26)17-7-3-2-4-8-17)35-27(38)20-13-19(23-9-5-6-11-33-23)21(14-22(20)29)28(30,31)32/h2-16,37H,1H3,(H,35,38)/t16-/m0/s1. The number of amides is 1. The Morgan fingerprint density at radius 2 is 1.74 bits per heavy atom. The molecule has 0 aliphatic rings. The Morgan fingerprint density at radius 3 is 2.39 bits per heavy atom. The number of benzene rings is 2. The van der Waals surface area contributed by atoms with E-state index in [-0.39, 0.29) is 17.0 Å². The molecule has 2 aromatic carbocycles. The molecule has 2 N–H and O–H groups in total. The van der Waals surface area contributed by atoms with Gasteiger partial charge in [-0.15, -0.1) is 0 Å². The Bertz CT molecular complexity index is 1630. The molecule has 1 amide bonds. The van der Waals surface area contributed by atoms with Crippen molar-refractivity contribution >= 4 is 17.2 Å². The zero-order chi connectivity index (χ0) is 27.0. The highest BCUT2D eigenvalue weighted by atomic mass is 19.4. The molecule has 3 aromatic heterocycles. The lowest BCUT2D eigenvalue weighted by Crippen LogP contribution is -2.18. The van der Waals surface area contributed by atoms with Gasteiger partial charge in [-0.3, -0.25) is 14.2 Å². The van der Waals surface area contributed by atoms with Crippen LogP contribution in [0.1, 0.15) is 34.6 Å². The van der Waals surface area contributed by atoms with Gasteiger partial charge in [-0.25, -0.2) is 9.37 Å². The first-order valence-corrected chi connectivity index (χ1v) is 11.5. The highest BCUT2D eigenvalue weighted by Crippen LogP contribution is 2.39. The highest BCUT2D eigenvalue weighted by Gasteiger charge is 2.36. The Hall–Kier alpha value is -4.57. The third-order valence-electron chi connectivity index (χ3n) is 6.06. The molecule has 0 radical (unpaired) electrons. The average Bonchev–Trinajstić information content (AvgIpc) is 3.34. The van der Waals surface area contributed by atoms with Crippen molar-refractivity contribution < 1.29 is 27.5 Å². The summed E-state index contributed by atoms with van der Waals surface area (Å²) < 4.78 is 57.9. The van der Waals surface area contributed by atoms with Crippen LogP contribution in [-0.2, 0) is 6.18 Å². The second-order valence-electron chi connectivity index (χ2n) is 8.57. The van der Waals surface area contributed by atoms with Crippen LogP contribution in [-0.4, -0.2) is 25.4 Å². The number of hydrogen-bond donors (Lipinski definition) is 2. The van der Waals surface area contributed by atoms with Crippen molar-refractivity contribution in [1.82, 2.24) is 14.4 Å². The van der Waals surface area contributed by atoms with Crippen LogP contribution in [0.25, 0.3) is 28.0 Å². The molecule has 1 atom stereocenters. The summed E-state index contributed by atoms with van der Waals surface area (Å²) in [4.78, 5) is 21.7. The number of aliphatic hydroxyl groups is 1. The number of imidazole rings is 1. The van der Waals surface area contributed by atoms with Crippen molar-refractivity contribution in [3.05, 3.63) is 108 Å². The topological polar surface area (TPSA) is 79.5 Å². The lowest BCUT2D eigenvalue weighted by molar-refractivity contribution is -0.137. The normalized spacial score (nSPS) is 12.5. The molecule has 6 nitrogen and oxygen atoms in total. The summed E-state index contributed by atoms with van der Waals surface area (Å²) in [6.45, 7) is 1.56. The molecule has 5 rings (SSSR count). The summed E-state index contributed by atoms with van der Waals surface area (Å²) in [5.74, 6) is -2.31. The molecule has 3 heterocycles. The molecule has 0 aliphatic heterocycles. The molecule has 0 saturated heterocycles. The van der Waals surface area contributed by atoms with Crippen LogP contribution < -0.4 is 5.32 Å². The van der Waals surface area contributed by atoms with Gasteiger partial charge in [0.15, 0.2) is 5.65 Å². The Labute approximate surface area is 214 Å². The van der Waals surface area contributed by atoms with Crippen LogP contribution in [0.4, 0.5) is 23.2 Å². The van der Waals surface area contributed by atoms with Crippen LogP contribution in [0, 0.1) is 5.82 Å². The lowest BCUT2D eigenvalue weighted by atomic mass is 9.99. The number of fused-ring (bicyclic) bond motifs is 1. The third kappa shape index (κ3) is 4.61. The van der Waals surface area contributed by atoms with Crippen LogP contribution in [0.3, 0.4) is 0 Å². The minimum absolute atomic E-state index is 0.0595. The molecule has 0 bridgehead atoms. The van der Waals surface area contributed by atoms with Crippen molar-refractivity contribution in [2.75, 3.05) is 5.32 Å². The Balaban J connectivity index is 1.66. The Kier molecular flexibility index (Phi) is 6.41. The number of aliphatic hydroxyl groups excluding tert-OH is 1. The number of carbonyl (C=O) groups excluding carboxylic acids is 1. The van der Waals surface area contributed by atoms with Crippen LogP contribution in [0.2, 0.25) is 0 Å². The van der Waals surface area contributed by atoms with Gasteiger partial charge in [0.2, 0.25) is 0 Å². The quantitative estimate of drug-likeness (QED) is 0.259. The number of alkyl halides is 3. The summed E-state index contributed by atoms with van der Waals surface area (Å²) >= 11 is 0. The molecule has 0 fully saturated rings. The average molecular weight is 520 g/mol. The number of pyridine rings is 2. The third-order valence-corrected chi connectivity index (χ3v) is 6.06. The second-order valence-corrected chi connectivity index (χ2v) is 8.57. The first-order chi connectivity index (χ1) is 18.1. The first kappa shape index (κ1) is 25.1. The Morgan fingerprint density at radius 1 is 1.00 bits per heavy atom. The van der Waals surface area contributed by atoms with Gasteiger partial charge in [-0.2, -0.15) is 13.2 Å². The smallest absolute Gasteiger partial charge is 0.387 e. The first-order valence-electron chi connectivity index (χ1n) is 11.5. The number of rotatable bonds is 5. The van der Waals surface area contributed by atoms with Gasteiger partial charge in [0.25, 0.3) is 5.91 Å². The van der Waals surface area contributed by atoms with Crippen LogP contribution in [0.5, 0.6) is 0 Å². The number of nitrogens with zero attached hydrogens (tertiary/aromatic N) is 3. The highest BCUT2D eigenvalue weighted by molar-refractivity contribution is 6.09. The van der Waals surface area contributed by atoms with Gasteiger partial charge in [0.05, 0.1) is 40.5 Å². The molecule has 0 saturated carbocycles. The van der Waals surface area contributed by atoms with Crippen molar-refractivity contribution in [3.8, 4) is 22.4 Å². The van der Waals surface area contributed by atoms with Crippen molar-refractivity contribution in [2.45, 2.75) is 19.2 Å². The summed E-state index contributed by atoms with van der Waals surface area (Å²) in [5, 5.41) is 12.8. The summed E-state index contributed by atoms with van der Waals surface area (Å²) in [6, 6.07) is 16.3. The maximum absolute atomic E-state index is 15.0. The number of nitrogens with one attached hydrogen (secondary N) is 1. The zero-order valence-corrected chi connectivity index (χ0v) is 19.9. The van der Waals surface area contributed by atoms with Crippen molar-refractivity contribution in [2.24, 2.45) is 0 Å². The summed E-state index contributed by atoms with van der Waals surface area (Å²) in [7, 11) is 0. The van der Waals surface area contributed by atoms with Crippen molar-refractivity contribution in [3.63, 3.8) is 0 Å². The van der Waals surface area contributed by atoms with E-state index in [2.05, 4.69) is 15.3 Å². The number of anilines is 1. The molecule has 0 unspecified atom stereocenters. The number of carbonyl (C=O) groups is 1. The van der Waals surface area contributed by atoms with Gasteiger partial charge >= 0.3 is 6.18 Å². The fourth-order valence-electron chi connectivity index (χ4n) is 4.26. The molecule has 10 heteroatoms. The van der Waals surface area contributed by atoms with E-state index < -0.39 is 40.7 Å². The summed E-state index contributed by atoms with van der Waals surface area (Å²) in [6.07, 6.45) is -1.31. The van der Waals surface area contributed by atoms with Gasteiger partial charge in [0.1, 0.15) is 5.82 Å². The largest absolute Gasteiger partial charge is 0.417 e. The van der Waals surface area contributed by atoms with Gasteiger partial charge in [-0.05, 0) is 42.8 Å². The van der Waals surface area contributed by atoms with E-state index >= 15 is 4.39 Å². The number of halogens is 4. The van der Waals surface area contributed by atoms with E-state index in [1.165, 1.54) is 30.6 Å². The molecule has 0 aliphatic carbocycles. The predicted octanol–water partition coefficient (Wildman–Crippen LogP) is 6.53. The lowest BCUT2D eigenvalue weighted by Gasteiger charge is -2.17. The minimum Gasteiger partial charge on any atom is -0.387 e. The van der Waals surface area contributed by atoms with Crippen LogP contribution in [0.15, 0.2) is 85.3 Å². The van der Waals surface area contributed by atoms with E-state index in [0.717, 1.165) is 6.07 Å². The molecule has 192 valence electrons. The van der Waals surface area contributed by atoms with E-state index in [1.807, 2.05) is 6.07 Å². The SMILES string of the molecule is C[C@H](O)c1cnc2c(NC(=O)c3cc(-c4ccccn4)c(C(F)(F)F)cc3F)c(-c3ccccc3)ccn12. The van der Waals surface area contributed by atoms with Gasteiger partial charge in [0, 0.05) is 23.5 Å². The monoisotopic (exact) mass is 520 g/mol. The molecule has 38 heavy (non-hydrogen) atoms. The fourth-order valence-corrected chi connectivity index (χ4v) is 4.26. The van der Waals surface area contributed by atoms with E-state index in [0.29, 0.717) is 22.9 Å². The van der Waals surface area contributed by atoms with Crippen molar-refractivity contribution in [1.29, 1.82) is 0 Å². The minimum atomic E-state index is -4.87. The zero-order valence-electron chi connectivity index (χ0n) is 19.9. The molecular weight excluding hydrogens is 500 g/mol. The maximum atomic E-state index is 15.0. The van der Waals surface area contributed by atoms with Gasteiger partial charge < -0.3 is 10.4 Å². The summed E-state index contributed by atoms with van der Waals surface area (Å²) in [5.41, 5.74) is -0.135. The molecule has 0 spiro atoms. The van der Waals surface area contributed by atoms with E-state index in [1.54, 1.807) is 47.9 Å². The molecular formula is C28H20F4N4O2. The number of aromatic nitrogens is 3. The maximum Gasteiger partial charge on any atom is 0.417 e. The molecule has 5 aromatic rings.